The Balaban J connectivity index is 0.00000341. The summed E-state index contributed by atoms with van der Waals surface area (Å²) in [5.41, 5.74) is 0.970. The van der Waals surface area contributed by atoms with Crippen LogP contribution in [0.25, 0.3) is 0 Å². The van der Waals surface area contributed by atoms with Gasteiger partial charge in [0.15, 0.2) is 5.96 Å². The summed E-state index contributed by atoms with van der Waals surface area (Å²) in [6.07, 6.45) is 3.32. The van der Waals surface area contributed by atoms with Crippen LogP contribution in [0.4, 0.5) is 5.69 Å². The van der Waals surface area contributed by atoms with Gasteiger partial charge >= 0.3 is 0 Å². The first-order chi connectivity index (χ1) is 14.8. The molecule has 1 fully saturated rings. The lowest BCUT2D eigenvalue weighted by Crippen LogP contribution is -2.40. The molecule has 0 bridgehead atoms. The van der Waals surface area contributed by atoms with Gasteiger partial charge in [0.05, 0.1) is 6.61 Å². The van der Waals surface area contributed by atoms with Gasteiger partial charge in [-0.05, 0) is 55.4 Å². The maximum Gasteiger partial charge on any atom is 0.195 e. The largest absolute Gasteiger partial charge is 0.493 e. The highest BCUT2D eigenvalue weighted by Crippen LogP contribution is 2.21. The van der Waals surface area contributed by atoms with E-state index in [-0.39, 0.29) is 24.0 Å². The van der Waals surface area contributed by atoms with Crippen molar-refractivity contribution in [1.29, 1.82) is 0 Å². The van der Waals surface area contributed by atoms with Crippen molar-refractivity contribution >= 4 is 47.0 Å². The van der Waals surface area contributed by atoms with Crippen molar-refractivity contribution in [3.05, 3.63) is 46.7 Å². The van der Waals surface area contributed by atoms with E-state index in [1.807, 2.05) is 42.6 Å². The zero-order chi connectivity index (χ0) is 21.0. The molecule has 2 heterocycles. The van der Waals surface area contributed by atoms with Gasteiger partial charge in [0.1, 0.15) is 5.75 Å². The monoisotopic (exact) mass is 558 g/mol. The molecule has 1 aliphatic rings. The normalized spacial score (nSPS) is 15.4. The summed E-state index contributed by atoms with van der Waals surface area (Å²) in [6.45, 7) is 5.72. The second-order valence-corrected chi connectivity index (χ2v) is 8.63. The molecule has 0 amide bonds. The van der Waals surface area contributed by atoms with E-state index < -0.39 is 0 Å². The second kappa shape index (κ2) is 14.7. The number of thiophene rings is 1. The molecule has 3 rings (SSSR count). The highest BCUT2D eigenvalue weighted by molar-refractivity contribution is 14.0. The minimum atomic E-state index is 0. The lowest BCUT2D eigenvalue weighted by molar-refractivity contribution is 0.172. The fourth-order valence-corrected chi connectivity index (χ4v) is 4.33. The number of ether oxygens (including phenoxy) is 2. The first-order valence-corrected chi connectivity index (χ1v) is 11.6. The van der Waals surface area contributed by atoms with Crippen LogP contribution in [-0.4, -0.2) is 57.9 Å². The second-order valence-electron chi connectivity index (χ2n) is 7.60. The maximum atomic E-state index is 5.78. The van der Waals surface area contributed by atoms with Crippen LogP contribution in [0.1, 0.15) is 24.1 Å². The Morgan fingerprint density at radius 1 is 1.19 bits per heavy atom. The summed E-state index contributed by atoms with van der Waals surface area (Å²) in [7, 11) is 3.52. The molecular weight excluding hydrogens is 523 g/mol. The average molecular weight is 559 g/mol. The molecule has 172 valence electrons. The summed E-state index contributed by atoms with van der Waals surface area (Å²) >= 11 is 1.85. The van der Waals surface area contributed by atoms with Crippen molar-refractivity contribution in [2.24, 2.45) is 10.9 Å². The van der Waals surface area contributed by atoms with Crippen LogP contribution >= 0.6 is 35.3 Å². The topological polar surface area (TPSA) is 58.1 Å². The van der Waals surface area contributed by atoms with Gasteiger partial charge < -0.3 is 20.1 Å². The summed E-state index contributed by atoms with van der Waals surface area (Å²) in [5.74, 6) is 2.33. The average Bonchev–Trinajstić information content (AvgIpc) is 3.28. The molecule has 31 heavy (non-hydrogen) atoms. The Labute approximate surface area is 207 Å². The number of benzene rings is 1. The summed E-state index contributed by atoms with van der Waals surface area (Å²) in [4.78, 5) is 8.40. The van der Waals surface area contributed by atoms with Crippen molar-refractivity contribution in [2.75, 3.05) is 52.3 Å². The van der Waals surface area contributed by atoms with Crippen molar-refractivity contribution in [2.45, 2.75) is 25.8 Å². The molecule has 1 aromatic heterocycles. The fraction of sp³-hybridized carbons (Fsp3) is 0.522. The van der Waals surface area contributed by atoms with E-state index >= 15 is 0 Å². The molecule has 6 nitrogen and oxygen atoms in total. The predicted octanol–water partition coefficient (Wildman–Crippen LogP) is 4.68. The molecule has 0 radical (unpaired) electrons. The number of aliphatic imine (C=N–C) groups is 1. The first-order valence-electron chi connectivity index (χ1n) is 10.7. The molecule has 1 aliphatic heterocycles. The van der Waals surface area contributed by atoms with Crippen LogP contribution in [0.3, 0.4) is 0 Å². The van der Waals surface area contributed by atoms with Gasteiger partial charge in [0, 0.05) is 56.9 Å². The van der Waals surface area contributed by atoms with Crippen molar-refractivity contribution < 1.29 is 9.47 Å². The Morgan fingerprint density at radius 3 is 2.74 bits per heavy atom. The standard InChI is InChI=1S/C23H34N4O2S.HI/c1-24-23(26-20-6-3-7-21(16-20)29-14-5-13-28-2)25-17-19-9-11-27(12-10-19)18-22-8-4-15-30-22;/h3-4,6-8,15-16,19H,5,9-14,17-18H2,1-2H3,(H2,24,25,26);1H. The Bertz CT molecular complexity index is 765. The molecule has 0 unspecified atom stereocenters. The molecular formula is C23H35IN4O2S. The van der Waals surface area contributed by atoms with Crippen LogP contribution in [0.15, 0.2) is 46.8 Å². The smallest absolute Gasteiger partial charge is 0.195 e. The third-order valence-electron chi connectivity index (χ3n) is 5.31. The number of methoxy groups -OCH3 is 1. The van der Waals surface area contributed by atoms with E-state index in [1.54, 1.807) is 7.11 Å². The van der Waals surface area contributed by atoms with Crippen molar-refractivity contribution in [3.63, 3.8) is 0 Å². The molecule has 1 aromatic carbocycles. The minimum absolute atomic E-state index is 0. The highest BCUT2D eigenvalue weighted by atomic mass is 127. The Morgan fingerprint density at radius 2 is 2.03 bits per heavy atom. The van der Waals surface area contributed by atoms with Gasteiger partial charge in [0.25, 0.3) is 0 Å². The van der Waals surface area contributed by atoms with Crippen LogP contribution < -0.4 is 15.4 Å². The fourth-order valence-electron chi connectivity index (χ4n) is 3.59. The molecule has 0 saturated carbocycles. The number of halogens is 1. The molecule has 2 aromatic rings. The zero-order valence-corrected chi connectivity index (χ0v) is 21.7. The molecule has 1 saturated heterocycles. The number of guanidine groups is 1. The first kappa shape index (κ1) is 25.9. The lowest BCUT2D eigenvalue weighted by Gasteiger charge is -2.32. The summed E-state index contributed by atoms with van der Waals surface area (Å²) in [6, 6.07) is 12.4. The number of nitrogens with one attached hydrogen (secondary N) is 2. The highest BCUT2D eigenvalue weighted by Gasteiger charge is 2.19. The van der Waals surface area contributed by atoms with E-state index in [9.17, 15) is 0 Å². The van der Waals surface area contributed by atoms with Crippen LogP contribution in [0, 0.1) is 5.92 Å². The third-order valence-corrected chi connectivity index (χ3v) is 6.17. The van der Waals surface area contributed by atoms with Crippen molar-refractivity contribution in [3.8, 4) is 5.75 Å². The number of hydrogen-bond donors (Lipinski definition) is 2. The van der Waals surface area contributed by atoms with Gasteiger partial charge in [-0.1, -0.05) is 12.1 Å². The Hall–Kier alpha value is -1.36. The quantitative estimate of drug-likeness (QED) is 0.192. The lowest BCUT2D eigenvalue weighted by atomic mass is 9.97. The minimum Gasteiger partial charge on any atom is -0.493 e. The van der Waals surface area contributed by atoms with Crippen molar-refractivity contribution in [1.82, 2.24) is 10.2 Å². The summed E-state index contributed by atoms with van der Waals surface area (Å²) in [5, 5.41) is 9.03. The van der Waals surface area contributed by atoms with Crippen LogP contribution in [0.2, 0.25) is 0 Å². The van der Waals surface area contributed by atoms with Gasteiger partial charge in [-0.25, -0.2) is 0 Å². The molecule has 8 heteroatoms. The third kappa shape index (κ3) is 9.34. The SMILES string of the molecule is CN=C(NCC1CCN(Cc2cccs2)CC1)Nc1cccc(OCCCOC)c1.I. The van der Waals surface area contributed by atoms with Gasteiger partial charge in [-0.3, -0.25) is 9.89 Å². The van der Waals surface area contributed by atoms with Gasteiger partial charge in [-0.15, -0.1) is 35.3 Å². The van der Waals surface area contributed by atoms with E-state index in [4.69, 9.17) is 9.47 Å². The van der Waals surface area contributed by atoms with Crippen LogP contribution in [-0.2, 0) is 11.3 Å². The van der Waals surface area contributed by atoms with Gasteiger partial charge in [-0.2, -0.15) is 0 Å². The van der Waals surface area contributed by atoms with E-state index in [1.165, 1.54) is 30.8 Å². The van der Waals surface area contributed by atoms with Gasteiger partial charge in [0.2, 0.25) is 0 Å². The number of anilines is 1. The number of piperidine rings is 1. The van der Waals surface area contributed by atoms with E-state index in [0.29, 0.717) is 19.1 Å². The molecule has 0 aliphatic carbocycles. The number of nitrogens with zero attached hydrogens (tertiary/aromatic N) is 2. The predicted molar refractivity (Wildman–Crippen MR) is 141 cm³/mol. The van der Waals surface area contributed by atoms with E-state index in [0.717, 1.165) is 36.9 Å². The molecule has 0 atom stereocenters. The number of hydrogen-bond acceptors (Lipinski definition) is 5. The molecule has 2 N–H and O–H groups in total. The molecule has 0 spiro atoms. The number of likely N-dealkylation sites (tertiary alicyclic amines) is 1. The summed E-state index contributed by atoms with van der Waals surface area (Å²) < 4.78 is 10.8. The van der Waals surface area contributed by atoms with Crippen LogP contribution in [0.5, 0.6) is 5.75 Å². The Kier molecular flexibility index (Phi) is 12.2. The maximum absolute atomic E-state index is 5.78. The van der Waals surface area contributed by atoms with E-state index in [2.05, 4.69) is 38.0 Å². The number of rotatable bonds is 10. The zero-order valence-electron chi connectivity index (χ0n) is 18.5.